The Morgan fingerprint density at radius 2 is 2.06 bits per heavy atom. The number of carbonyl (C=O) groups excluding carboxylic acids is 2. The number of ether oxygens (including phenoxy) is 1. The van der Waals surface area contributed by atoms with E-state index in [0.717, 1.165) is 10.6 Å². The molecule has 32 heavy (non-hydrogen) atoms. The molecular weight excluding hydrogens is 433 g/mol. The lowest BCUT2D eigenvalue weighted by molar-refractivity contribution is 0.0601. The molecule has 0 bridgehead atoms. The molecule has 0 radical (unpaired) electrons. The Balaban J connectivity index is 1.63. The molecule has 3 heterocycles. The first-order chi connectivity index (χ1) is 15.3. The molecule has 166 valence electrons. The Morgan fingerprint density at radius 3 is 2.75 bits per heavy atom. The molecule has 4 rings (SSSR count). The second kappa shape index (κ2) is 8.62. The number of hydrogen-bond donors (Lipinski definition) is 1. The number of nitrogens with one attached hydrogen (secondary N) is 1. The van der Waals surface area contributed by atoms with Gasteiger partial charge in [0.15, 0.2) is 0 Å². The third-order valence-electron chi connectivity index (χ3n) is 5.74. The number of likely N-dealkylation sites (tertiary alicyclic amines) is 1. The summed E-state index contributed by atoms with van der Waals surface area (Å²) in [4.78, 5) is 35.3. The van der Waals surface area contributed by atoms with Gasteiger partial charge in [0.05, 0.1) is 18.2 Å². The van der Waals surface area contributed by atoms with Crippen LogP contribution >= 0.6 is 11.5 Å². The van der Waals surface area contributed by atoms with Crippen molar-refractivity contribution in [2.75, 3.05) is 25.5 Å². The number of hydrogen-bond acceptors (Lipinski definition) is 7. The van der Waals surface area contributed by atoms with E-state index in [1.807, 2.05) is 6.07 Å². The summed E-state index contributed by atoms with van der Waals surface area (Å²) >= 11 is 1.24. The van der Waals surface area contributed by atoms with Crippen LogP contribution in [0.3, 0.4) is 0 Å². The monoisotopic (exact) mass is 455 g/mol. The van der Waals surface area contributed by atoms with Gasteiger partial charge in [-0.25, -0.2) is 19.0 Å². The first-order valence-electron chi connectivity index (χ1n) is 9.99. The molecule has 0 unspecified atom stereocenters. The average molecular weight is 456 g/mol. The highest BCUT2D eigenvalue weighted by Gasteiger charge is 2.45. The number of amides is 2. The number of urea groups is 1. The van der Waals surface area contributed by atoms with Crippen molar-refractivity contribution < 1.29 is 18.7 Å². The van der Waals surface area contributed by atoms with E-state index in [1.54, 1.807) is 30.9 Å². The van der Waals surface area contributed by atoms with Crippen LogP contribution < -0.4 is 5.32 Å². The van der Waals surface area contributed by atoms with Crippen LogP contribution in [-0.4, -0.2) is 51.4 Å². The maximum Gasteiger partial charge on any atom is 0.341 e. The fourth-order valence-electron chi connectivity index (χ4n) is 3.92. The fraction of sp³-hybridized carbons (Fsp3) is 0.318. The van der Waals surface area contributed by atoms with Gasteiger partial charge < -0.3 is 15.0 Å². The number of methoxy groups -OCH3 is 1. The van der Waals surface area contributed by atoms with Crippen molar-refractivity contribution >= 4 is 29.2 Å². The summed E-state index contributed by atoms with van der Waals surface area (Å²) < 4.78 is 23.3. The van der Waals surface area contributed by atoms with Crippen molar-refractivity contribution in [3.63, 3.8) is 0 Å². The van der Waals surface area contributed by atoms with E-state index in [4.69, 9.17) is 4.74 Å². The zero-order chi connectivity index (χ0) is 22.9. The molecule has 1 aliphatic rings. The van der Waals surface area contributed by atoms with Gasteiger partial charge in [0.1, 0.15) is 22.7 Å². The van der Waals surface area contributed by atoms with Crippen LogP contribution in [0.1, 0.15) is 38.6 Å². The van der Waals surface area contributed by atoms with E-state index in [-0.39, 0.29) is 17.4 Å². The van der Waals surface area contributed by atoms with Gasteiger partial charge in [0.2, 0.25) is 0 Å². The summed E-state index contributed by atoms with van der Waals surface area (Å²) in [5.74, 6) is -0.892. The van der Waals surface area contributed by atoms with Crippen molar-refractivity contribution in [1.82, 2.24) is 19.2 Å². The van der Waals surface area contributed by atoms with Gasteiger partial charge >= 0.3 is 12.0 Å². The SMILES string of the molecule is COC(=O)c1cnc(C)cc1NC(=O)N1CC[C@](c2ccc(C)c(F)c2)(c2ncns2)C1. The second-order valence-corrected chi connectivity index (χ2v) is 8.54. The predicted molar refractivity (Wildman–Crippen MR) is 117 cm³/mol. The van der Waals surface area contributed by atoms with E-state index in [2.05, 4.69) is 19.7 Å². The van der Waals surface area contributed by atoms with Gasteiger partial charge in [-0.2, -0.15) is 4.37 Å². The highest BCUT2D eigenvalue weighted by molar-refractivity contribution is 7.05. The van der Waals surface area contributed by atoms with Crippen LogP contribution in [0, 0.1) is 19.7 Å². The van der Waals surface area contributed by atoms with Gasteiger partial charge in [-0.3, -0.25) is 4.98 Å². The highest BCUT2D eigenvalue weighted by atomic mass is 32.1. The molecule has 1 N–H and O–H groups in total. The largest absolute Gasteiger partial charge is 0.465 e. The average Bonchev–Trinajstić information content (AvgIpc) is 3.46. The molecule has 1 saturated heterocycles. The molecule has 3 aromatic rings. The van der Waals surface area contributed by atoms with Crippen molar-refractivity contribution in [2.45, 2.75) is 25.7 Å². The molecule has 0 aliphatic carbocycles. The Morgan fingerprint density at radius 1 is 1.25 bits per heavy atom. The molecule has 1 aromatic carbocycles. The first kappa shape index (κ1) is 21.8. The Labute approximate surface area is 188 Å². The van der Waals surface area contributed by atoms with E-state index < -0.39 is 11.4 Å². The molecule has 0 spiro atoms. The molecule has 8 nitrogen and oxygen atoms in total. The third-order valence-corrected chi connectivity index (χ3v) is 6.61. The Bertz CT molecular complexity index is 1170. The molecule has 1 fully saturated rings. The zero-order valence-electron chi connectivity index (χ0n) is 17.9. The number of nitrogens with zero attached hydrogens (tertiary/aromatic N) is 4. The van der Waals surface area contributed by atoms with Crippen LogP contribution in [0.25, 0.3) is 0 Å². The fourth-order valence-corrected chi connectivity index (χ4v) is 4.67. The van der Waals surface area contributed by atoms with Crippen molar-refractivity contribution in [2.24, 2.45) is 0 Å². The number of aryl methyl sites for hydroxylation is 2. The van der Waals surface area contributed by atoms with Gasteiger partial charge in [-0.05, 0) is 55.1 Å². The Kier molecular flexibility index (Phi) is 5.88. The second-order valence-electron chi connectivity index (χ2n) is 7.76. The van der Waals surface area contributed by atoms with Gasteiger partial charge in [0.25, 0.3) is 0 Å². The van der Waals surface area contributed by atoms with Crippen LogP contribution in [0.5, 0.6) is 0 Å². The number of esters is 1. The molecule has 1 atom stereocenters. The maximum absolute atomic E-state index is 14.4. The Hall–Kier alpha value is -3.40. The normalized spacial score (nSPS) is 17.9. The van der Waals surface area contributed by atoms with Crippen LogP contribution in [0.2, 0.25) is 0 Å². The molecule has 2 amide bonds. The number of carbonyl (C=O) groups is 2. The molecule has 1 aliphatic heterocycles. The van der Waals surface area contributed by atoms with E-state index in [1.165, 1.54) is 37.2 Å². The molecule has 0 saturated carbocycles. The number of benzene rings is 1. The summed E-state index contributed by atoms with van der Waals surface area (Å²) in [5.41, 5.74) is 1.78. The summed E-state index contributed by atoms with van der Waals surface area (Å²) in [5, 5.41) is 3.53. The molecular formula is C22H22FN5O3S. The highest BCUT2D eigenvalue weighted by Crippen LogP contribution is 2.42. The minimum absolute atomic E-state index is 0.168. The molecule has 2 aromatic heterocycles. The van der Waals surface area contributed by atoms with Crippen molar-refractivity contribution in [3.05, 3.63) is 70.0 Å². The van der Waals surface area contributed by atoms with E-state index in [9.17, 15) is 14.0 Å². The van der Waals surface area contributed by atoms with Crippen molar-refractivity contribution in [3.8, 4) is 0 Å². The van der Waals surface area contributed by atoms with Gasteiger partial charge in [-0.1, -0.05) is 12.1 Å². The lowest BCUT2D eigenvalue weighted by atomic mass is 9.80. The smallest absolute Gasteiger partial charge is 0.341 e. The van der Waals surface area contributed by atoms with Gasteiger partial charge in [0, 0.05) is 25.0 Å². The zero-order valence-corrected chi connectivity index (χ0v) is 18.7. The number of aromatic nitrogens is 3. The summed E-state index contributed by atoms with van der Waals surface area (Å²) in [7, 11) is 1.27. The lowest BCUT2D eigenvalue weighted by Crippen LogP contribution is -2.38. The van der Waals surface area contributed by atoms with E-state index >= 15 is 0 Å². The summed E-state index contributed by atoms with van der Waals surface area (Å²) in [6.45, 7) is 4.20. The summed E-state index contributed by atoms with van der Waals surface area (Å²) in [6, 6.07) is 6.37. The van der Waals surface area contributed by atoms with Crippen LogP contribution in [-0.2, 0) is 10.2 Å². The molecule has 10 heteroatoms. The number of halogens is 1. The first-order valence-corrected chi connectivity index (χ1v) is 10.8. The van der Waals surface area contributed by atoms with E-state index in [0.29, 0.717) is 36.5 Å². The van der Waals surface area contributed by atoms with Crippen molar-refractivity contribution in [1.29, 1.82) is 0 Å². The number of rotatable bonds is 4. The quantitative estimate of drug-likeness (QED) is 0.603. The number of pyridine rings is 1. The minimum atomic E-state index is -0.660. The van der Waals surface area contributed by atoms with Crippen LogP contribution in [0.4, 0.5) is 14.9 Å². The summed E-state index contributed by atoms with van der Waals surface area (Å²) in [6.07, 6.45) is 3.41. The minimum Gasteiger partial charge on any atom is -0.465 e. The van der Waals surface area contributed by atoms with Gasteiger partial charge in [-0.15, -0.1) is 0 Å². The third kappa shape index (κ3) is 3.93. The lowest BCUT2D eigenvalue weighted by Gasteiger charge is -2.28. The van der Waals surface area contributed by atoms with Crippen LogP contribution in [0.15, 0.2) is 36.8 Å². The number of anilines is 1. The predicted octanol–water partition coefficient (Wildman–Crippen LogP) is 3.70. The topological polar surface area (TPSA) is 97.3 Å². The maximum atomic E-state index is 14.4. The standard InChI is InChI=1S/C22H22FN5O3S/c1-13-4-5-15(9-17(13)23)22(20-25-12-26-32-20)6-7-28(11-22)21(30)27-18-8-14(2)24-10-16(18)19(29)31-3/h4-5,8-10,12H,6-7,11H2,1-3H3,(H,24,27,30)/t22-/m0/s1.